The van der Waals surface area contributed by atoms with Crippen molar-refractivity contribution in [2.45, 2.75) is 11.8 Å². The van der Waals surface area contributed by atoms with Crippen molar-refractivity contribution in [3.05, 3.63) is 153 Å². The largest absolute Gasteiger partial charge is 0.508 e. The fourth-order valence-corrected chi connectivity index (χ4v) is 6.17. The van der Waals surface area contributed by atoms with Crippen LogP contribution in [0.5, 0.6) is 23.0 Å². The van der Waals surface area contributed by atoms with Crippen molar-refractivity contribution < 1.29 is 37.7 Å². The van der Waals surface area contributed by atoms with Gasteiger partial charge in [-0.25, -0.2) is 18.4 Å². The molecule has 1 N–H and O–H groups in total. The molecule has 0 fully saturated rings. The average Bonchev–Trinajstić information content (AvgIpc) is 3.01. The lowest BCUT2D eigenvalue weighted by atomic mass is 9.60. The molecule has 0 saturated heterocycles. The van der Waals surface area contributed by atoms with E-state index in [4.69, 9.17) is 14.2 Å². The number of benzene rings is 5. The van der Waals surface area contributed by atoms with Crippen LogP contribution in [-0.2, 0) is 0 Å². The van der Waals surface area contributed by atoms with Crippen LogP contribution in [0.2, 0.25) is 0 Å². The summed E-state index contributed by atoms with van der Waals surface area (Å²) in [6.07, 6.45) is 0. The highest BCUT2D eigenvalue weighted by Gasteiger charge is 2.45. The lowest BCUT2D eigenvalue weighted by Crippen LogP contribution is -2.29. The Morgan fingerprint density at radius 1 is 0.628 bits per heavy atom. The highest BCUT2D eigenvalue weighted by molar-refractivity contribution is 5.93. The molecular formula is C35H22F2O6. The summed E-state index contributed by atoms with van der Waals surface area (Å²) < 4.78 is 46.1. The first-order chi connectivity index (χ1) is 20.9. The van der Waals surface area contributed by atoms with Crippen molar-refractivity contribution in [1.82, 2.24) is 0 Å². The van der Waals surface area contributed by atoms with E-state index in [1.54, 1.807) is 0 Å². The minimum Gasteiger partial charge on any atom is -0.508 e. The standard InChI is InChI=1S/C35H22F2O6/c1-41-19-11-13-25(27(37)17-19)35(40)43-29-15-14-28(42-34(39)24-12-10-18(38)16-26(24)36)32-30-20-6-2-4-8-22(20)31(33(29)32)23-9-5-3-7-21(23)30/h2-17,30-31,38H,1H3. The summed E-state index contributed by atoms with van der Waals surface area (Å²) >= 11 is 0. The SMILES string of the molecule is COc1ccc(C(=O)Oc2ccc(OC(=O)c3ccc(O)cc3F)c3c2C2c4ccccc4C3c3ccccc32)c(F)c1. The molecule has 43 heavy (non-hydrogen) atoms. The Labute approximate surface area is 244 Å². The molecule has 8 heteroatoms. The van der Waals surface area contributed by atoms with E-state index in [0.29, 0.717) is 11.1 Å². The number of halogens is 2. The molecule has 0 aromatic heterocycles. The van der Waals surface area contributed by atoms with Crippen LogP contribution in [0.3, 0.4) is 0 Å². The number of methoxy groups -OCH3 is 1. The van der Waals surface area contributed by atoms with Crippen LogP contribution < -0.4 is 14.2 Å². The van der Waals surface area contributed by atoms with Gasteiger partial charge in [0.25, 0.3) is 0 Å². The number of phenols is 1. The van der Waals surface area contributed by atoms with E-state index in [1.807, 2.05) is 48.5 Å². The van der Waals surface area contributed by atoms with E-state index >= 15 is 0 Å². The van der Waals surface area contributed by atoms with Gasteiger partial charge in [-0.1, -0.05) is 48.5 Å². The van der Waals surface area contributed by atoms with Gasteiger partial charge in [0.05, 0.1) is 18.2 Å². The predicted octanol–water partition coefficient (Wildman–Crippen LogP) is 7.10. The summed E-state index contributed by atoms with van der Waals surface area (Å²) in [7, 11) is 1.40. The molecule has 0 atom stereocenters. The van der Waals surface area contributed by atoms with Crippen molar-refractivity contribution in [3.63, 3.8) is 0 Å². The molecule has 0 radical (unpaired) electrons. The molecule has 0 amide bonds. The summed E-state index contributed by atoms with van der Waals surface area (Å²) in [6, 6.07) is 25.8. The fourth-order valence-electron chi connectivity index (χ4n) is 6.17. The van der Waals surface area contributed by atoms with Crippen molar-refractivity contribution in [2.24, 2.45) is 0 Å². The number of carbonyl (C=O) groups is 2. The molecule has 5 aromatic rings. The number of aromatic hydroxyl groups is 1. The second kappa shape index (κ2) is 10.1. The lowest BCUT2D eigenvalue weighted by Gasteiger charge is -2.43. The van der Waals surface area contributed by atoms with Gasteiger partial charge in [0.1, 0.15) is 34.6 Å². The highest BCUT2D eigenvalue weighted by Crippen LogP contribution is 2.60. The van der Waals surface area contributed by atoms with Gasteiger partial charge >= 0.3 is 11.9 Å². The van der Waals surface area contributed by atoms with Crippen molar-refractivity contribution in [1.29, 1.82) is 0 Å². The third kappa shape index (κ3) is 4.22. The number of esters is 2. The molecule has 3 aliphatic rings. The van der Waals surface area contributed by atoms with Crippen LogP contribution in [0.25, 0.3) is 0 Å². The van der Waals surface area contributed by atoms with Crippen molar-refractivity contribution >= 4 is 11.9 Å². The molecule has 212 valence electrons. The summed E-state index contributed by atoms with van der Waals surface area (Å²) in [5.74, 6) is -4.07. The monoisotopic (exact) mass is 576 g/mol. The molecule has 3 aliphatic carbocycles. The minimum atomic E-state index is -0.951. The van der Waals surface area contributed by atoms with E-state index in [2.05, 4.69) is 0 Å². The Hall–Kier alpha value is -5.50. The van der Waals surface area contributed by atoms with E-state index in [0.717, 1.165) is 40.5 Å². The Balaban J connectivity index is 1.38. The number of hydrogen-bond acceptors (Lipinski definition) is 6. The zero-order valence-corrected chi connectivity index (χ0v) is 22.6. The molecule has 8 rings (SSSR count). The molecule has 0 spiro atoms. The van der Waals surface area contributed by atoms with Gasteiger partial charge in [0.15, 0.2) is 0 Å². The zero-order chi connectivity index (χ0) is 29.8. The van der Waals surface area contributed by atoms with Crippen LogP contribution >= 0.6 is 0 Å². The van der Waals surface area contributed by atoms with Crippen molar-refractivity contribution in [3.8, 4) is 23.0 Å². The van der Waals surface area contributed by atoms with E-state index in [9.17, 15) is 23.5 Å². The van der Waals surface area contributed by atoms with Crippen LogP contribution in [0.1, 0.15) is 65.9 Å². The number of ether oxygens (including phenoxy) is 3. The summed E-state index contributed by atoms with van der Waals surface area (Å²) in [6.45, 7) is 0. The van der Waals surface area contributed by atoms with Gasteiger partial charge in [-0.2, -0.15) is 0 Å². The van der Waals surface area contributed by atoms with Crippen LogP contribution in [0, 0.1) is 11.6 Å². The molecule has 5 aromatic carbocycles. The normalized spacial score (nSPS) is 15.6. The third-order valence-corrected chi connectivity index (χ3v) is 7.99. The van der Waals surface area contributed by atoms with Crippen LogP contribution in [0.4, 0.5) is 8.78 Å². The Kier molecular flexibility index (Phi) is 6.20. The second-order valence-corrected chi connectivity index (χ2v) is 10.3. The third-order valence-electron chi connectivity index (χ3n) is 7.99. The predicted molar refractivity (Wildman–Crippen MR) is 152 cm³/mol. The first-order valence-corrected chi connectivity index (χ1v) is 13.5. The summed E-state index contributed by atoms with van der Waals surface area (Å²) in [4.78, 5) is 26.5. The Morgan fingerprint density at radius 3 is 1.49 bits per heavy atom. The quantitative estimate of drug-likeness (QED) is 0.174. The summed E-state index contributed by atoms with van der Waals surface area (Å²) in [5.41, 5.74) is 4.57. The van der Waals surface area contributed by atoms with E-state index in [1.165, 1.54) is 37.4 Å². The zero-order valence-electron chi connectivity index (χ0n) is 22.6. The molecule has 0 aliphatic heterocycles. The Bertz CT molecular complexity index is 1920. The molecule has 0 saturated carbocycles. The van der Waals surface area contributed by atoms with E-state index in [-0.39, 0.29) is 40.0 Å². The highest BCUT2D eigenvalue weighted by atomic mass is 19.1. The molecular weight excluding hydrogens is 554 g/mol. The summed E-state index contributed by atoms with van der Waals surface area (Å²) in [5, 5.41) is 9.59. The van der Waals surface area contributed by atoms with Gasteiger partial charge in [-0.3, -0.25) is 0 Å². The maximum Gasteiger partial charge on any atom is 0.346 e. The number of carbonyl (C=O) groups excluding carboxylic acids is 2. The maximum absolute atomic E-state index is 14.8. The number of rotatable bonds is 5. The van der Waals surface area contributed by atoms with E-state index < -0.39 is 29.5 Å². The topological polar surface area (TPSA) is 82.1 Å². The maximum atomic E-state index is 14.8. The van der Waals surface area contributed by atoms with Gasteiger partial charge in [0, 0.05) is 35.1 Å². The average molecular weight is 577 g/mol. The molecule has 2 bridgehead atoms. The second-order valence-electron chi connectivity index (χ2n) is 10.3. The van der Waals surface area contributed by atoms with Gasteiger partial charge < -0.3 is 19.3 Å². The molecule has 6 nitrogen and oxygen atoms in total. The number of hydrogen-bond donors (Lipinski definition) is 1. The minimum absolute atomic E-state index is 0.168. The van der Waals surface area contributed by atoms with Crippen LogP contribution in [-0.4, -0.2) is 24.2 Å². The first-order valence-electron chi connectivity index (χ1n) is 13.5. The van der Waals surface area contributed by atoms with Gasteiger partial charge in [0.2, 0.25) is 0 Å². The smallest absolute Gasteiger partial charge is 0.346 e. The van der Waals surface area contributed by atoms with Gasteiger partial charge in [-0.15, -0.1) is 0 Å². The molecule has 0 heterocycles. The fraction of sp³-hybridized carbons (Fsp3) is 0.0857. The van der Waals surface area contributed by atoms with Crippen molar-refractivity contribution in [2.75, 3.05) is 7.11 Å². The number of phenolic OH excluding ortho intramolecular Hbond substituents is 1. The molecule has 0 unspecified atom stereocenters. The van der Waals surface area contributed by atoms with Gasteiger partial charge in [-0.05, 0) is 58.7 Å². The van der Waals surface area contributed by atoms with Crippen LogP contribution in [0.15, 0.2) is 97.1 Å². The lowest BCUT2D eigenvalue weighted by molar-refractivity contribution is 0.0710. The first kappa shape index (κ1) is 26.4. The Morgan fingerprint density at radius 2 is 1.07 bits per heavy atom.